The lowest BCUT2D eigenvalue weighted by molar-refractivity contribution is -0.116. The second-order valence-electron chi connectivity index (χ2n) is 8.45. The van der Waals surface area contributed by atoms with E-state index >= 15 is 0 Å². The number of carbonyl (C=O) groups is 1. The Morgan fingerprint density at radius 1 is 0.938 bits per heavy atom. The molecule has 0 fully saturated rings. The van der Waals surface area contributed by atoms with Crippen molar-refractivity contribution in [1.82, 2.24) is 0 Å². The predicted octanol–water partition coefficient (Wildman–Crippen LogP) is 6.11. The largest absolute Gasteiger partial charge is 0.469 e. The molecule has 0 unspecified atom stereocenters. The molecule has 1 aliphatic heterocycles. The zero-order valence-corrected chi connectivity index (χ0v) is 18.6. The van der Waals surface area contributed by atoms with Crippen LogP contribution in [-0.4, -0.2) is 18.9 Å². The van der Waals surface area contributed by atoms with Gasteiger partial charge in [-0.25, -0.2) is 0 Å². The first-order chi connectivity index (χ1) is 15.7. The van der Waals surface area contributed by atoms with Crippen molar-refractivity contribution < 1.29 is 9.21 Å². The Kier molecular flexibility index (Phi) is 5.48. The number of nitrogens with zero attached hydrogens (tertiary/aromatic N) is 1. The standard InChI is InChI=1S/C27H29N3O2/c1-3-30(4-2)20-13-11-18(12-14-20)27-26-23(28-21-8-5-6-9-22(21)29-27)16-19(17-24(26)31)25-10-7-15-32-25/h5-15,19,27-29H,3-4,16-17H2,1-2H3/t19-,27-/m0/s1. The molecule has 32 heavy (non-hydrogen) atoms. The minimum absolute atomic E-state index is 0.0553. The summed E-state index contributed by atoms with van der Waals surface area (Å²) >= 11 is 0. The number of anilines is 3. The number of Topliss-reactive ketones (excluding diaryl/α,β-unsaturated/α-hetero) is 1. The highest BCUT2D eigenvalue weighted by Gasteiger charge is 2.36. The second kappa shape index (κ2) is 8.58. The van der Waals surface area contributed by atoms with E-state index in [2.05, 4.69) is 65.8 Å². The Labute approximate surface area is 189 Å². The van der Waals surface area contributed by atoms with Crippen LogP contribution in [0.4, 0.5) is 17.1 Å². The Morgan fingerprint density at radius 3 is 2.38 bits per heavy atom. The number of furan rings is 1. The second-order valence-corrected chi connectivity index (χ2v) is 8.45. The molecule has 5 nitrogen and oxygen atoms in total. The number of fused-ring (bicyclic) bond motifs is 1. The van der Waals surface area contributed by atoms with Crippen LogP contribution in [0.2, 0.25) is 0 Å². The van der Waals surface area contributed by atoms with Crippen LogP contribution in [0.25, 0.3) is 0 Å². The summed E-state index contributed by atoms with van der Waals surface area (Å²) in [6.07, 6.45) is 2.89. The molecule has 2 atom stereocenters. The highest BCUT2D eigenvalue weighted by Crippen LogP contribution is 2.44. The van der Waals surface area contributed by atoms with Gasteiger partial charge in [-0.2, -0.15) is 0 Å². The van der Waals surface area contributed by atoms with E-state index in [9.17, 15) is 4.79 Å². The Balaban J connectivity index is 1.56. The number of allylic oxidation sites excluding steroid dienone is 1. The minimum atomic E-state index is -0.197. The van der Waals surface area contributed by atoms with Gasteiger partial charge < -0.3 is 20.0 Å². The molecule has 2 N–H and O–H groups in total. The van der Waals surface area contributed by atoms with Gasteiger partial charge in [-0.05, 0) is 62.2 Å². The van der Waals surface area contributed by atoms with E-state index in [4.69, 9.17) is 4.42 Å². The average Bonchev–Trinajstić information content (AvgIpc) is 3.29. The zero-order chi connectivity index (χ0) is 22.1. The van der Waals surface area contributed by atoms with Gasteiger partial charge in [0.1, 0.15) is 5.76 Å². The van der Waals surface area contributed by atoms with Crippen LogP contribution < -0.4 is 15.5 Å². The van der Waals surface area contributed by atoms with Crippen LogP contribution in [0, 0.1) is 0 Å². The first-order valence-corrected chi connectivity index (χ1v) is 11.4. The molecule has 164 valence electrons. The molecule has 0 spiro atoms. The highest BCUT2D eigenvalue weighted by atomic mass is 16.3. The predicted molar refractivity (Wildman–Crippen MR) is 129 cm³/mol. The van der Waals surface area contributed by atoms with Crippen LogP contribution in [0.5, 0.6) is 0 Å². The van der Waals surface area contributed by atoms with E-state index in [1.807, 2.05) is 24.3 Å². The van der Waals surface area contributed by atoms with Gasteiger partial charge in [0.25, 0.3) is 0 Å². The van der Waals surface area contributed by atoms with Crippen LogP contribution in [0.1, 0.15) is 50.0 Å². The van der Waals surface area contributed by atoms with Crippen molar-refractivity contribution in [2.45, 2.75) is 38.6 Å². The Bertz CT molecular complexity index is 1130. The van der Waals surface area contributed by atoms with Crippen LogP contribution >= 0.6 is 0 Å². The number of nitrogens with one attached hydrogen (secondary N) is 2. The fourth-order valence-corrected chi connectivity index (χ4v) is 4.93. The topological polar surface area (TPSA) is 57.5 Å². The van der Waals surface area contributed by atoms with E-state index in [1.165, 1.54) is 5.69 Å². The van der Waals surface area contributed by atoms with E-state index in [0.29, 0.717) is 6.42 Å². The number of carbonyl (C=O) groups excluding carboxylic acids is 1. The van der Waals surface area contributed by atoms with Gasteiger partial charge in [-0.15, -0.1) is 0 Å². The number of ketones is 1. The molecule has 2 aromatic carbocycles. The van der Waals surface area contributed by atoms with Crippen molar-refractivity contribution in [2.75, 3.05) is 28.6 Å². The molecular weight excluding hydrogens is 398 g/mol. The molecule has 1 aliphatic carbocycles. The maximum atomic E-state index is 13.5. The Morgan fingerprint density at radius 2 is 1.69 bits per heavy atom. The Hall–Kier alpha value is -3.47. The van der Waals surface area contributed by atoms with Crippen molar-refractivity contribution in [1.29, 1.82) is 0 Å². The molecule has 2 heterocycles. The van der Waals surface area contributed by atoms with Crippen molar-refractivity contribution in [3.05, 3.63) is 89.5 Å². The van der Waals surface area contributed by atoms with E-state index in [0.717, 1.165) is 53.5 Å². The fraction of sp³-hybridized carbons (Fsp3) is 0.296. The first-order valence-electron chi connectivity index (χ1n) is 11.4. The molecule has 0 saturated heterocycles. The molecule has 0 radical (unpaired) electrons. The van der Waals surface area contributed by atoms with Crippen LogP contribution in [0.3, 0.4) is 0 Å². The van der Waals surface area contributed by atoms with Crippen LogP contribution in [-0.2, 0) is 4.79 Å². The third-order valence-electron chi connectivity index (χ3n) is 6.61. The molecule has 0 saturated carbocycles. The molecule has 3 aromatic rings. The van der Waals surface area contributed by atoms with Gasteiger partial charge in [0.05, 0.1) is 23.7 Å². The lowest BCUT2D eigenvalue weighted by Crippen LogP contribution is -2.27. The van der Waals surface area contributed by atoms with Crippen LogP contribution in [0.15, 0.2) is 82.6 Å². The number of benzene rings is 2. The molecule has 0 amide bonds. The zero-order valence-electron chi connectivity index (χ0n) is 18.6. The third-order valence-corrected chi connectivity index (χ3v) is 6.61. The molecule has 5 rings (SSSR count). The smallest absolute Gasteiger partial charge is 0.163 e. The number of hydrogen-bond acceptors (Lipinski definition) is 5. The fourth-order valence-electron chi connectivity index (χ4n) is 4.93. The normalized spacial score (nSPS) is 20.0. The molecular formula is C27H29N3O2. The number of rotatable bonds is 5. The summed E-state index contributed by atoms with van der Waals surface area (Å²) in [4.78, 5) is 15.8. The summed E-state index contributed by atoms with van der Waals surface area (Å²) in [5.41, 5.74) is 6.11. The van der Waals surface area contributed by atoms with Gasteiger partial charge in [-0.1, -0.05) is 24.3 Å². The minimum Gasteiger partial charge on any atom is -0.469 e. The summed E-state index contributed by atoms with van der Waals surface area (Å²) in [6, 6.07) is 20.4. The lowest BCUT2D eigenvalue weighted by Gasteiger charge is -2.29. The summed E-state index contributed by atoms with van der Waals surface area (Å²) in [5.74, 6) is 1.09. The van der Waals surface area contributed by atoms with Gasteiger partial charge in [0.2, 0.25) is 0 Å². The average molecular weight is 428 g/mol. The van der Waals surface area contributed by atoms with Crippen molar-refractivity contribution in [3.8, 4) is 0 Å². The number of para-hydroxylation sites is 2. The summed E-state index contributed by atoms with van der Waals surface area (Å²) < 4.78 is 5.65. The maximum absolute atomic E-state index is 13.5. The van der Waals surface area contributed by atoms with Crippen molar-refractivity contribution >= 4 is 22.8 Å². The molecule has 0 bridgehead atoms. The first kappa shape index (κ1) is 20.4. The quantitative estimate of drug-likeness (QED) is 0.515. The lowest BCUT2D eigenvalue weighted by atomic mass is 9.80. The molecule has 5 heteroatoms. The summed E-state index contributed by atoms with van der Waals surface area (Å²) in [7, 11) is 0. The third kappa shape index (κ3) is 3.68. The van der Waals surface area contributed by atoms with Crippen molar-refractivity contribution in [2.24, 2.45) is 0 Å². The SMILES string of the molecule is CCN(CC)c1ccc([C@@H]2Nc3ccccc3NC3=C2C(=O)C[C@@H](c2ccco2)C3)cc1. The van der Waals surface area contributed by atoms with Gasteiger partial charge in [-0.3, -0.25) is 4.79 Å². The summed E-state index contributed by atoms with van der Waals surface area (Å²) in [5, 5.41) is 7.23. The van der Waals surface area contributed by atoms with E-state index < -0.39 is 0 Å². The monoisotopic (exact) mass is 427 g/mol. The molecule has 1 aromatic heterocycles. The van der Waals surface area contributed by atoms with Crippen molar-refractivity contribution in [3.63, 3.8) is 0 Å². The summed E-state index contributed by atoms with van der Waals surface area (Å²) in [6.45, 7) is 6.27. The maximum Gasteiger partial charge on any atom is 0.163 e. The number of hydrogen-bond donors (Lipinski definition) is 2. The van der Waals surface area contributed by atoms with Gasteiger partial charge >= 0.3 is 0 Å². The molecule has 2 aliphatic rings. The van der Waals surface area contributed by atoms with E-state index in [-0.39, 0.29) is 17.7 Å². The van der Waals surface area contributed by atoms with E-state index in [1.54, 1.807) is 6.26 Å². The van der Waals surface area contributed by atoms with Gasteiger partial charge in [0.15, 0.2) is 5.78 Å². The van der Waals surface area contributed by atoms with Gasteiger partial charge in [0, 0.05) is 42.4 Å². The highest BCUT2D eigenvalue weighted by molar-refractivity contribution is 6.01.